The maximum atomic E-state index is 11.7. The minimum absolute atomic E-state index is 0.351. The number of ether oxygens (including phenoxy) is 1. The number of hydrogen-bond donors (Lipinski definition) is 1. The SMILES string of the molecule is CC(C)(C)OC(=O)NCC1CCCN(c2cc(C#N)ccn2)C1. The van der Waals surface area contributed by atoms with Crippen LogP contribution in [0.4, 0.5) is 10.6 Å². The second-order valence-electron chi connectivity index (χ2n) is 6.85. The molecule has 0 bridgehead atoms. The molecule has 1 aromatic rings. The molecule has 0 spiro atoms. The molecule has 1 amide bonds. The molecule has 1 saturated heterocycles. The van der Waals surface area contributed by atoms with E-state index in [0.29, 0.717) is 18.0 Å². The van der Waals surface area contributed by atoms with E-state index in [1.54, 1.807) is 12.3 Å². The van der Waals surface area contributed by atoms with Crippen LogP contribution in [0.15, 0.2) is 18.3 Å². The van der Waals surface area contributed by atoms with Gasteiger partial charge in [0.25, 0.3) is 0 Å². The van der Waals surface area contributed by atoms with Crippen molar-refractivity contribution < 1.29 is 9.53 Å². The lowest BCUT2D eigenvalue weighted by molar-refractivity contribution is 0.0517. The largest absolute Gasteiger partial charge is 0.444 e. The first-order chi connectivity index (χ1) is 10.9. The van der Waals surface area contributed by atoms with Crippen molar-refractivity contribution in [2.45, 2.75) is 39.2 Å². The summed E-state index contributed by atoms with van der Waals surface area (Å²) in [6.45, 7) is 7.88. The average Bonchev–Trinajstić information content (AvgIpc) is 2.52. The molecule has 1 atom stereocenters. The Morgan fingerprint density at radius 2 is 2.35 bits per heavy atom. The molecule has 1 fully saturated rings. The number of hydrogen-bond acceptors (Lipinski definition) is 5. The Balaban J connectivity index is 1.88. The van der Waals surface area contributed by atoms with Crippen molar-refractivity contribution in [1.82, 2.24) is 10.3 Å². The van der Waals surface area contributed by atoms with Crippen LogP contribution in [0.25, 0.3) is 0 Å². The van der Waals surface area contributed by atoms with Gasteiger partial charge in [0.05, 0.1) is 11.6 Å². The van der Waals surface area contributed by atoms with Crippen LogP contribution in [0.1, 0.15) is 39.2 Å². The average molecular weight is 316 g/mol. The predicted molar refractivity (Wildman–Crippen MR) is 88.1 cm³/mol. The van der Waals surface area contributed by atoms with E-state index in [2.05, 4.69) is 21.3 Å². The Labute approximate surface area is 137 Å². The summed E-state index contributed by atoms with van der Waals surface area (Å²) >= 11 is 0. The van der Waals surface area contributed by atoms with E-state index >= 15 is 0 Å². The Kier molecular flexibility index (Phi) is 5.43. The number of carbonyl (C=O) groups excluding carboxylic acids is 1. The van der Waals surface area contributed by atoms with Crippen LogP contribution in [0, 0.1) is 17.2 Å². The zero-order chi connectivity index (χ0) is 16.9. The van der Waals surface area contributed by atoms with Gasteiger partial charge in [0.1, 0.15) is 11.4 Å². The number of anilines is 1. The first-order valence-corrected chi connectivity index (χ1v) is 7.95. The van der Waals surface area contributed by atoms with Crippen molar-refractivity contribution in [3.63, 3.8) is 0 Å². The number of aromatic nitrogens is 1. The summed E-state index contributed by atoms with van der Waals surface area (Å²) in [5.74, 6) is 1.18. The van der Waals surface area contributed by atoms with Gasteiger partial charge in [0.2, 0.25) is 0 Å². The summed E-state index contributed by atoms with van der Waals surface area (Å²) in [5.41, 5.74) is 0.133. The maximum Gasteiger partial charge on any atom is 0.407 e. The fourth-order valence-electron chi connectivity index (χ4n) is 2.64. The highest BCUT2D eigenvalue weighted by Crippen LogP contribution is 2.21. The van der Waals surface area contributed by atoms with Gasteiger partial charge >= 0.3 is 6.09 Å². The lowest BCUT2D eigenvalue weighted by Crippen LogP contribution is -2.42. The molecular formula is C17H24N4O2. The van der Waals surface area contributed by atoms with Crippen molar-refractivity contribution in [2.24, 2.45) is 5.92 Å². The van der Waals surface area contributed by atoms with Crippen LogP contribution in [-0.4, -0.2) is 36.3 Å². The molecule has 0 aromatic carbocycles. The molecule has 23 heavy (non-hydrogen) atoms. The number of nitrogens with one attached hydrogen (secondary N) is 1. The number of pyridine rings is 1. The van der Waals surface area contributed by atoms with Crippen LogP contribution >= 0.6 is 0 Å². The molecule has 2 heterocycles. The number of nitriles is 1. The monoisotopic (exact) mass is 316 g/mol. The maximum absolute atomic E-state index is 11.7. The van der Waals surface area contributed by atoms with Crippen LogP contribution in [0.5, 0.6) is 0 Å². The third kappa shape index (κ3) is 5.44. The third-order valence-electron chi connectivity index (χ3n) is 3.65. The van der Waals surface area contributed by atoms with Gasteiger partial charge in [-0.3, -0.25) is 0 Å². The van der Waals surface area contributed by atoms with Crippen LogP contribution in [0.3, 0.4) is 0 Å². The van der Waals surface area contributed by atoms with Gasteiger partial charge < -0.3 is 15.0 Å². The van der Waals surface area contributed by atoms with Gasteiger partial charge in [-0.1, -0.05) is 0 Å². The van der Waals surface area contributed by atoms with Gasteiger partial charge in [0.15, 0.2) is 0 Å². The Hall–Kier alpha value is -2.29. The molecule has 0 aliphatic carbocycles. The first-order valence-electron chi connectivity index (χ1n) is 7.95. The molecule has 1 aliphatic rings. The summed E-state index contributed by atoms with van der Waals surface area (Å²) in [7, 11) is 0. The second kappa shape index (κ2) is 7.32. The van der Waals surface area contributed by atoms with Gasteiger partial charge in [0, 0.05) is 25.8 Å². The molecule has 6 nitrogen and oxygen atoms in total. The van der Waals surface area contributed by atoms with Gasteiger partial charge in [-0.25, -0.2) is 9.78 Å². The Morgan fingerprint density at radius 1 is 1.57 bits per heavy atom. The van der Waals surface area contributed by atoms with Crippen molar-refractivity contribution in [1.29, 1.82) is 5.26 Å². The smallest absolute Gasteiger partial charge is 0.407 e. The van der Waals surface area contributed by atoms with E-state index in [4.69, 9.17) is 10.00 Å². The summed E-state index contributed by atoms with van der Waals surface area (Å²) in [5, 5.41) is 11.8. The molecular weight excluding hydrogens is 292 g/mol. The Bertz CT molecular complexity index is 589. The zero-order valence-electron chi connectivity index (χ0n) is 14.0. The molecule has 1 aromatic heterocycles. The first kappa shape index (κ1) is 17.1. The lowest BCUT2D eigenvalue weighted by atomic mass is 9.98. The molecule has 1 unspecified atom stereocenters. The highest BCUT2D eigenvalue weighted by Gasteiger charge is 2.23. The molecule has 1 aliphatic heterocycles. The van der Waals surface area contributed by atoms with E-state index in [1.165, 1.54) is 0 Å². The summed E-state index contributed by atoms with van der Waals surface area (Å²) < 4.78 is 5.26. The number of rotatable bonds is 3. The van der Waals surface area contributed by atoms with Crippen LogP contribution in [0.2, 0.25) is 0 Å². The van der Waals surface area contributed by atoms with Gasteiger partial charge in [-0.15, -0.1) is 0 Å². The highest BCUT2D eigenvalue weighted by atomic mass is 16.6. The van der Waals surface area contributed by atoms with Gasteiger partial charge in [-0.2, -0.15) is 5.26 Å². The minimum atomic E-state index is -0.482. The van der Waals surface area contributed by atoms with E-state index in [1.807, 2.05) is 26.8 Å². The van der Waals surface area contributed by atoms with Crippen molar-refractivity contribution >= 4 is 11.9 Å². The van der Waals surface area contributed by atoms with E-state index in [-0.39, 0.29) is 6.09 Å². The number of amides is 1. The minimum Gasteiger partial charge on any atom is -0.444 e. The van der Waals surface area contributed by atoms with Crippen LogP contribution in [-0.2, 0) is 4.74 Å². The standard InChI is InChI=1S/C17H24N4O2/c1-17(2,3)23-16(22)20-11-14-5-4-8-21(12-14)15-9-13(10-18)6-7-19-15/h6-7,9,14H,4-5,8,11-12H2,1-3H3,(H,20,22). The second-order valence-corrected chi connectivity index (χ2v) is 6.85. The number of piperidine rings is 1. The zero-order valence-corrected chi connectivity index (χ0v) is 14.0. The van der Waals surface area contributed by atoms with Crippen molar-refractivity contribution in [3.05, 3.63) is 23.9 Å². The number of nitrogens with zero attached hydrogens (tertiary/aromatic N) is 3. The normalized spacial score (nSPS) is 18.2. The quantitative estimate of drug-likeness (QED) is 0.927. The molecule has 6 heteroatoms. The summed E-state index contributed by atoms with van der Waals surface area (Å²) in [6, 6.07) is 5.65. The van der Waals surface area contributed by atoms with E-state index in [9.17, 15) is 4.79 Å². The predicted octanol–water partition coefficient (Wildman–Crippen LogP) is 2.69. The highest BCUT2D eigenvalue weighted by molar-refractivity contribution is 5.67. The topological polar surface area (TPSA) is 78.2 Å². The fourth-order valence-corrected chi connectivity index (χ4v) is 2.64. The summed E-state index contributed by atoms with van der Waals surface area (Å²) in [4.78, 5) is 18.3. The van der Waals surface area contributed by atoms with Crippen molar-refractivity contribution in [3.8, 4) is 6.07 Å². The van der Waals surface area contributed by atoms with Crippen molar-refractivity contribution in [2.75, 3.05) is 24.5 Å². The number of carbonyl (C=O) groups is 1. The van der Waals surface area contributed by atoms with Crippen LogP contribution < -0.4 is 10.2 Å². The third-order valence-corrected chi connectivity index (χ3v) is 3.65. The molecule has 1 N–H and O–H groups in total. The van der Waals surface area contributed by atoms with Gasteiger partial charge in [-0.05, 0) is 51.7 Å². The Morgan fingerprint density at radius 3 is 3.04 bits per heavy atom. The van der Waals surface area contributed by atoms with E-state index in [0.717, 1.165) is 31.7 Å². The van der Waals surface area contributed by atoms with E-state index < -0.39 is 5.60 Å². The number of alkyl carbamates (subject to hydrolysis) is 1. The molecule has 124 valence electrons. The molecule has 0 saturated carbocycles. The lowest BCUT2D eigenvalue weighted by Gasteiger charge is -2.33. The molecule has 2 rings (SSSR count). The fraction of sp³-hybridized carbons (Fsp3) is 0.588. The summed E-state index contributed by atoms with van der Waals surface area (Å²) in [6.07, 6.45) is 3.39. The molecule has 0 radical (unpaired) electrons.